The summed E-state index contributed by atoms with van der Waals surface area (Å²) in [6, 6.07) is 12.1. The van der Waals surface area contributed by atoms with E-state index in [9.17, 15) is 19.5 Å². The van der Waals surface area contributed by atoms with Gasteiger partial charge in [0.05, 0.1) is 18.4 Å². The van der Waals surface area contributed by atoms with Crippen LogP contribution in [0.25, 0.3) is 0 Å². The number of aliphatic carboxylic acids is 1. The molecule has 0 saturated carbocycles. The normalized spacial score (nSPS) is 20.4. The van der Waals surface area contributed by atoms with Crippen LogP contribution in [0, 0.1) is 0 Å². The second kappa shape index (κ2) is 6.23. The number of imide groups is 1. The van der Waals surface area contributed by atoms with Crippen LogP contribution >= 0.6 is 0 Å². The molecule has 0 spiro atoms. The van der Waals surface area contributed by atoms with Crippen molar-refractivity contribution >= 4 is 17.8 Å². The minimum atomic E-state index is -1.34. The van der Waals surface area contributed by atoms with E-state index in [0.717, 1.165) is 10.5 Å². The molecule has 1 N–H and O–H groups in total. The fourth-order valence-corrected chi connectivity index (χ4v) is 3.11. The van der Waals surface area contributed by atoms with Crippen LogP contribution in [0.3, 0.4) is 0 Å². The summed E-state index contributed by atoms with van der Waals surface area (Å²) in [5, 5.41) is 9.29. The highest BCUT2D eigenvalue weighted by Gasteiger charge is 2.53. The Kier molecular flexibility index (Phi) is 4.12. The SMILES string of the molecule is O=C(O)CC1(c2ccccc2)CC(=O)N(Cc2ccncc2)C1=O. The molecule has 1 atom stereocenters. The van der Waals surface area contributed by atoms with Crippen molar-refractivity contribution in [3.63, 3.8) is 0 Å². The molecule has 2 aromatic rings. The van der Waals surface area contributed by atoms with Gasteiger partial charge in [0.2, 0.25) is 11.8 Å². The van der Waals surface area contributed by atoms with E-state index in [-0.39, 0.29) is 18.9 Å². The number of carbonyl (C=O) groups is 3. The quantitative estimate of drug-likeness (QED) is 0.847. The van der Waals surface area contributed by atoms with Crippen molar-refractivity contribution in [1.82, 2.24) is 9.88 Å². The summed E-state index contributed by atoms with van der Waals surface area (Å²) in [5.41, 5.74) is -0.00845. The largest absolute Gasteiger partial charge is 0.481 e. The van der Waals surface area contributed by atoms with Gasteiger partial charge >= 0.3 is 5.97 Å². The number of pyridine rings is 1. The Bertz CT molecular complexity index is 776. The number of carboxylic acids is 1. The average molecular weight is 324 g/mol. The summed E-state index contributed by atoms with van der Waals surface area (Å²) in [4.78, 5) is 41.9. The zero-order valence-corrected chi connectivity index (χ0v) is 12.9. The molecular weight excluding hydrogens is 308 g/mol. The minimum absolute atomic E-state index is 0.119. The zero-order valence-electron chi connectivity index (χ0n) is 12.9. The van der Waals surface area contributed by atoms with Crippen LogP contribution in [0.4, 0.5) is 0 Å². The second-order valence-electron chi connectivity index (χ2n) is 5.84. The van der Waals surface area contributed by atoms with Crippen LogP contribution in [-0.2, 0) is 26.3 Å². The zero-order chi connectivity index (χ0) is 17.2. The number of carbonyl (C=O) groups excluding carboxylic acids is 2. The monoisotopic (exact) mass is 324 g/mol. The molecular formula is C18H16N2O4. The molecule has 0 bridgehead atoms. The van der Waals surface area contributed by atoms with Crippen molar-refractivity contribution in [1.29, 1.82) is 0 Å². The molecule has 3 rings (SSSR count). The van der Waals surface area contributed by atoms with Crippen LogP contribution in [-0.4, -0.2) is 32.8 Å². The number of carboxylic acid groups (broad SMARTS) is 1. The van der Waals surface area contributed by atoms with E-state index in [1.54, 1.807) is 54.9 Å². The first-order valence-corrected chi connectivity index (χ1v) is 7.54. The Morgan fingerprint density at radius 2 is 1.79 bits per heavy atom. The van der Waals surface area contributed by atoms with Gasteiger partial charge in [-0.05, 0) is 23.3 Å². The second-order valence-corrected chi connectivity index (χ2v) is 5.84. The topological polar surface area (TPSA) is 87.6 Å². The van der Waals surface area contributed by atoms with Crippen molar-refractivity contribution in [2.24, 2.45) is 0 Å². The molecule has 0 radical (unpaired) electrons. The highest BCUT2D eigenvalue weighted by Crippen LogP contribution is 2.40. The van der Waals surface area contributed by atoms with Crippen molar-refractivity contribution in [2.45, 2.75) is 24.8 Å². The molecule has 2 amide bonds. The smallest absolute Gasteiger partial charge is 0.304 e. The number of benzene rings is 1. The Morgan fingerprint density at radius 3 is 2.42 bits per heavy atom. The molecule has 1 aliphatic heterocycles. The third-order valence-electron chi connectivity index (χ3n) is 4.28. The molecule has 1 aromatic carbocycles. The van der Waals surface area contributed by atoms with Gasteiger partial charge in [0.25, 0.3) is 0 Å². The van der Waals surface area contributed by atoms with Crippen LogP contribution in [0.5, 0.6) is 0 Å². The maximum absolute atomic E-state index is 13.0. The van der Waals surface area contributed by atoms with E-state index >= 15 is 0 Å². The number of hydrogen-bond acceptors (Lipinski definition) is 4. The van der Waals surface area contributed by atoms with Crippen molar-refractivity contribution in [2.75, 3.05) is 0 Å². The summed E-state index contributed by atoms with van der Waals surface area (Å²) in [7, 11) is 0. The lowest BCUT2D eigenvalue weighted by Gasteiger charge is -2.25. The van der Waals surface area contributed by atoms with Gasteiger partial charge in [-0.3, -0.25) is 24.3 Å². The average Bonchev–Trinajstić information content (AvgIpc) is 2.81. The van der Waals surface area contributed by atoms with Crippen LogP contribution in [0.2, 0.25) is 0 Å². The van der Waals surface area contributed by atoms with E-state index in [1.807, 2.05) is 0 Å². The Balaban J connectivity index is 1.98. The molecule has 2 heterocycles. The van der Waals surface area contributed by atoms with Crippen LogP contribution in [0.1, 0.15) is 24.0 Å². The van der Waals surface area contributed by atoms with Gasteiger partial charge in [0.1, 0.15) is 0 Å². The van der Waals surface area contributed by atoms with E-state index in [1.165, 1.54) is 0 Å². The van der Waals surface area contributed by atoms with Gasteiger partial charge in [-0.15, -0.1) is 0 Å². The van der Waals surface area contributed by atoms with Crippen LogP contribution in [0.15, 0.2) is 54.9 Å². The maximum atomic E-state index is 13.0. The van der Waals surface area contributed by atoms with E-state index in [4.69, 9.17) is 0 Å². The first-order chi connectivity index (χ1) is 11.5. The van der Waals surface area contributed by atoms with Gasteiger partial charge in [-0.1, -0.05) is 30.3 Å². The van der Waals surface area contributed by atoms with Gasteiger partial charge < -0.3 is 5.11 Å². The fourth-order valence-electron chi connectivity index (χ4n) is 3.11. The molecule has 24 heavy (non-hydrogen) atoms. The molecule has 1 aromatic heterocycles. The summed E-state index contributed by atoms with van der Waals surface area (Å²) in [5.74, 6) is -1.93. The third kappa shape index (κ3) is 2.78. The fraction of sp³-hybridized carbons (Fsp3) is 0.222. The lowest BCUT2D eigenvalue weighted by atomic mass is 9.76. The highest BCUT2D eigenvalue weighted by atomic mass is 16.4. The molecule has 6 nitrogen and oxygen atoms in total. The van der Waals surface area contributed by atoms with E-state index in [0.29, 0.717) is 5.56 Å². The van der Waals surface area contributed by atoms with Crippen molar-refractivity contribution in [3.8, 4) is 0 Å². The molecule has 1 unspecified atom stereocenters. The minimum Gasteiger partial charge on any atom is -0.481 e. The van der Waals surface area contributed by atoms with Gasteiger partial charge in [0.15, 0.2) is 0 Å². The molecule has 1 aliphatic rings. The number of amides is 2. The number of hydrogen-bond donors (Lipinski definition) is 1. The molecule has 1 fully saturated rings. The number of nitrogens with zero attached hydrogens (tertiary/aromatic N) is 2. The Hall–Kier alpha value is -3.02. The lowest BCUT2D eigenvalue weighted by Crippen LogP contribution is -2.39. The van der Waals surface area contributed by atoms with Crippen molar-refractivity contribution < 1.29 is 19.5 Å². The van der Waals surface area contributed by atoms with E-state index < -0.39 is 23.7 Å². The Labute approximate surface area is 138 Å². The molecule has 0 aliphatic carbocycles. The Morgan fingerprint density at radius 1 is 1.12 bits per heavy atom. The predicted molar refractivity (Wildman–Crippen MR) is 84.8 cm³/mol. The third-order valence-corrected chi connectivity index (χ3v) is 4.28. The highest BCUT2D eigenvalue weighted by molar-refractivity contribution is 6.10. The summed E-state index contributed by atoms with van der Waals surface area (Å²) >= 11 is 0. The molecule has 6 heteroatoms. The summed E-state index contributed by atoms with van der Waals surface area (Å²) in [6.07, 6.45) is 2.63. The van der Waals surface area contributed by atoms with Crippen molar-refractivity contribution in [3.05, 3.63) is 66.0 Å². The van der Waals surface area contributed by atoms with Gasteiger partial charge in [-0.2, -0.15) is 0 Å². The lowest BCUT2D eigenvalue weighted by molar-refractivity contribution is -0.145. The van der Waals surface area contributed by atoms with Crippen LogP contribution < -0.4 is 0 Å². The van der Waals surface area contributed by atoms with Gasteiger partial charge in [0, 0.05) is 18.8 Å². The van der Waals surface area contributed by atoms with Gasteiger partial charge in [-0.25, -0.2) is 0 Å². The number of aromatic nitrogens is 1. The number of likely N-dealkylation sites (tertiary alicyclic amines) is 1. The van der Waals surface area contributed by atoms with E-state index in [2.05, 4.69) is 4.98 Å². The molecule has 122 valence electrons. The summed E-state index contributed by atoms with van der Waals surface area (Å²) < 4.78 is 0. The maximum Gasteiger partial charge on any atom is 0.304 e. The number of rotatable bonds is 5. The molecule has 1 saturated heterocycles. The first-order valence-electron chi connectivity index (χ1n) is 7.54. The standard InChI is InChI=1S/C18H16N2O4/c21-15-10-18(11-16(22)23,14-4-2-1-3-5-14)17(24)20(15)12-13-6-8-19-9-7-13/h1-9H,10-12H2,(H,22,23). The predicted octanol–water partition coefficient (Wildman–Crippen LogP) is 1.75. The first kappa shape index (κ1) is 15.9. The summed E-state index contributed by atoms with van der Waals surface area (Å²) in [6.45, 7) is 0.119.